The molecule has 0 aromatic carbocycles. The van der Waals surface area contributed by atoms with Crippen molar-refractivity contribution in [3.05, 3.63) is 18.0 Å². The number of aryl methyl sites for hydroxylation is 1. The Morgan fingerprint density at radius 1 is 1.73 bits per heavy atom. The van der Waals surface area contributed by atoms with Crippen molar-refractivity contribution in [2.45, 2.75) is 19.4 Å². The fourth-order valence-electron chi connectivity index (χ4n) is 2.21. The highest BCUT2D eigenvalue weighted by Crippen LogP contribution is 2.27. The lowest BCUT2D eigenvalue weighted by Crippen LogP contribution is -2.29. The fraction of sp³-hybridized carbons (Fsp3) is 0.600. The number of rotatable bonds is 3. The lowest BCUT2D eigenvalue weighted by molar-refractivity contribution is -0.121. The number of hydrogen-bond donors (Lipinski definition) is 2. The Kier molecular flexibility index (Phi) is 2.73. The minimum atomic E-state index is -0.228. The van der Waals surface area contributed by atoms with Crippen LogP contribution in [0.4, 0.5) is 0 Å². The summed E-state index contributed by atoms with van der Waals surface area (Å²) >= 11 is 0. The van der Waals surface area contributed by atoms with E-state index >= 15 is 0 Å². The highest BCUT2D eigenvalue weighted by Gasteiger charge is 2.34. The summed E-state index contributed by atoms with van der Waals surface area (Å²) in [4.78, 5) is 11.3. The van der Waals surface area contributed by atoms with E-state index < -0.39 is 0 Å². The third kappa shape index (κ3) is 1.74. The first kappa shape index (κ1) is 10.2. The van der Waals surface area contributed by atoms with Crippen LogP contribution in [0.2, 0.25) is 0 Å². The molecule has 3 N–H and O–H groups in total. The molecule has 2 atom stereocenters. The van der Waals surface area contributed by atoms with Gasteiger partial charge in [0.1, 0.15) is 0 Å². The zero-order valence-electron chi connectivity index (χ0n) is 8.81. The molecule has 5 nitrogen and oxygen atoms in total. The zero-order valence-corrected chi connectivity index (χ0v) is 8.81. The van der Waals surface area contributed by atoms with Crippen LogP contribution in [0.5, 0.6) is 0 Å². The second kappa shape index (κ2) is 4.02. The maximum Gasteiger partial charge on any atom is 0.222 e. The van der Waals surface area contributed by atoms with Gasteiger partial charge in [0.05, 0.1) is 5.92 Å². The van der Waals surface area contributed by atoms with E-state index in [2.05, 4.69) is 10.4 Å². The van der Waals surface area contributed by atoms with Crippen molar-refractivity contribution in [2.75, 3.05) is 13.1 Å². The Labute approximate surface area is 88.6 Å². The summed E-state index contributed by atoms with van der Waals surface area (Å²) in [6.07, 6.45) is 1.77. The molecule has 0 saturated carbocycles. The van der Waals surface area contributed by atoms with Gasteiger partial charge in [-0.2, -0.15) is 5.10 Å². The molecule has 1 aliphatic heterocycles. The Morgan fingerprint density at radius 2 is 2.53 bits per heavy atom. The normalized spacial score (nSPS) is 25.7. The summed E-state index contributed by atoms with van der Waals surface area (Å²) in [5.41, 5.74) is 6.48. The number of aromatic nitrogens is 2. The molecular weight excluding hydrogens is 192 g/mol. The van der Waals surface area contributed by atoms with Crippen molar-refractivity contribution in [2.24, 2.45) is 11.7 Å². The Balaban J connectivity index is 2.26. The van der Waals surface area contributed by atoms with Crippen LogP contribution in [0.25, 0.3) is 0 Å². The molecule has 0 bridgehead atoms. The van der Waals surface area contributed by atoms with Crippen molar-refractivity contribution in [1.82, 2.24) is 15.1 Å². The molecule has 2 rings (SSSR count). The Hall–Kier alpha value is -1.36. The first-order valence-electron chi connectivity index (χ1n) is 5.25. The van der Waals surface area contributed by atoms with Gasteiger partial charge < -0.3 is 11.1 Å². The van der Waals surface area contributed by atoms with E-state index in [4.69, 9.17) is 5.73 Å². The van der Waals surface area contributed by atoms with Crippen molar-refractivity contribution in [3.63, 3.8) is 0 Å². The van der Waals surface area contributed by atoms with Crippen molar-refractivity contribution in [3.8, 4) is 0 Å². The van der Waals surface area contributed by atoms with E-state index in [-0.39, 0.29) is 17.7 Å². The van der Waals surface area contributed by atoms with Gasteiger partial charge in [0.25, 0.3) is 0 Å². The monoisotopic (exact) mass is 208 g/mol. The maximum atomic E-state index is 11.3. The lowest BCUT2D eigenvalue weighted by atomic mass is 9.92. The fourth-order valence-corrected chi connectivity index (χ4v) is 2.21. The number of hydrogen-bond acceptors (Lipinski definition) is 3. The molecule has 82 valence electrons. The highest BCUT2D eigenvalue weighted by molar-refractivity contribution is 5.78. The van der Waals surface area contributed by atoms with Crippen LogP contribution in [0.15, 0.2) is 12.3 Å². The number of primary amides is 1. The SMILES string of the molecule is CCn1nccc1C1CNCC1C(N)=O. The van der Waals surface area contributed by atoms with E-state index in [1.807, 2.05) is 17.7 Å². The number of nitrogens with two attached hydrogens (primary N) is 1. The second-order valence-corrected chi connectivity index (χ2v) is 3.85. The minimum Gasteiger partial charge on any atom is -0.369 e. The quantitative estimate of drug-likeness (QED) is 0.715. The third-order valence-electron chi connectivity index (χ3n) is 3.01. The summed E-state index contributed by atoms with van der Waals surface area (Å²) in [6, 6.07) is 1.97. The average molecular weight is 208 g/mol. The van der Waals surface area contributed by atoms with E-state index in [9.17, 15) is 4.79 Å². The molecule has 1 fully saturated rings. The summed E-state index contributed by atoms with van der Waals surface area (Å²) in [5, 5.41) is 7.41. The maximum absolute atomic E-state index is 11.3. The Bertz CT molecular complexity index is 360. The minimum absolute atomic E-state index is 0.105. The number of carbonyl (C=O) groups excluding carboxylic acids is 1. The molecule has 1 aromatic heterocycles. The van der Waals surface area contributed by atoms with E-state index in [1.165, 1.54) is 0 Å². The number of nitrogens with zero attached hydrogens (tertiary/aromatic N) is 2. The van der Waals surface area contributed by atoms with Crippen molar-refractivity contribution >= 4 is 5.91 Å². The van der Waals surface area contributed by atoms with Crippen LogP contribution >= 0.6 is 0 Å². The zero-order chi connectivity index (χ0) is 10.8. The van der Waals surface area contributed by atoms with Crippen LogP contribution in [0.3, 0.4) is 0 Å². The Morgan fingerprint density at radius 3 is 3.20 bits per heavy atom. The molecule has 1 aromatic rings. The van der Waals surface area contributed by atoms with E-state index in [1.54, 1.807) is 6.20 Å². The standard InChI is InChI=1S/C10H16N4O/c1-2-14-9(3-4-13-14)7-5-12-6-8(7)10(11)15/h3-4,7-8,12H,2,5-6H2,1H3,(H2,11,15). The molecule has 1 amide bonds. The average Bonchev–Trinajstić information content (AvgIpc) is 2.85. The predicted molar refractivity (Wildman–Crippen MR) is 56.2 cm³/mol. The van der Waals surface area contributed by atoms with Gasteiger partial charge >= 0.3 is 0 Å². The topological polar surface area (TPSA) is 72.9 Å². The molecule has 0 aliphatic carbocycles. The van der Waals surface area contributed by atoms with Crippen LogP contribution < -0.4 is 11.1 Å². The van der Waals surface area contributed by atoms with Gasteiger partial charge in [-0.25, -0.2) is 0 Å². The van der Waals surface area contributed by atoms with E-state index in [0.29, 0.717) is 6.54 Å². The highest BCUT2D eigenvalue weighted by atomic mass is 16.1. The number of amides is 1. The van der Waals surface area contributed by atoms with Gasteiger partial charge in [-0.15, -0.1) is 0 Å². The molecule has 1 aliphatic rings. The van der Waals surface area contributed by atoms with Crippen LogP contribution in [0.1, 0.15) is 18.5 Å². The van der Waals surface area contributed by atoms with Gasteiger partial charge in [-0.1, -0.05) is 0 Å². The van der Waals surface area contributed by atoms with Crippen LogP contribution in [-0.2, 0) is 11.3 Å². The molecular formula is C10H16N4O. The molecule has 15 heavy (non-hydrogen) atoms. The lowest BCUT2D eigenvalue weighted by Gasteiger charge is -2.16. The van der Waals surface area contributed by atoms with Crippen LogP contribution in [0, 0.1) is 5.92 Å². The third-order valence-corrected chi connectivity index (χ3v) is 3.01. The van der Waals surface area contributed by atoms with Crippen molar-refractivity contribution < 1.29 is 4.79 Å². The van der Waals surface area contributed by atoms with Gasteiger partial charge in [-0.05, 0) is 13.0 Å². The van der Waals surface area contributed by atoms with Gasteiger partial charge in [0.15, 0.2) is 0 Å². The van der Waals surface area contributed by atoms with Gasteiger partial charge in [0, 0.05) is 37.4 Å². The van der Waals surface area contributed by atoms with Crippen molar-refractivity contribution in [1.29, 1.82) is 0 Å². The predicted octanol–water partition coefficient (Wildman–Crippen LogP) is -0.309. The summed E-state index contributed by atoms with van der Waals surface area (Å²) in [7, 11) is 0. The van der Waals surface area contributed by atoms with Crippen LogP contribution in [-0.4, -0.2) is 28.8 Å². The molecule has 0 radical (unpaired) electrons. The molecule has 2 unspecified atom stereocenters. The first-order chi connectivity index (χ1) is 7.24. The largest absolute Gasteiger partial charge is 0.369 e. The second-order valence-electron chi connectivity index (χ2n) is 3.85. The smallest absolute Gasteiger partial charge is 0.222 e. The van der Waals surface area contributed by atoms with Gasteiger partial charge in [0.2, 0.25) is 5.91 Å². The number of nitrogens with one attached hydrogen (secondary N) is 1. The molecule has 2 heterocycles. The van der Waals surface area contributed by atoms with Gasteiger partial charge in [-0.3, -0.25) is 9.48 Å². The molecule has 1 saturated heterocycles. The summed E-state index contributed by atoms with van der Waals surface area (Å²) in [5.74, 6) is -0.161. The van der Waals surface area contributed by atoms with E-state index in [0.717, 1.165) is 18.8 Å². The number of carbonyl (C=O) groups is 1. The summed E-state index contributed by atoms with van der Waals surface area (Å²) < 4.78 is 1.92. The summed E-state index contributed by atoms with van der Waals surface area (Å²) in [6.45, 7) is 4.34. The molecule has 0 spiro atoms. The first-order valence-corrected chi connectivity index (χ1v) is 5.25. The molecule has 5 heteroatoms.